The molecule has 0 bridgehead atoms. The van der Waals surface area contributed by atoms with Crippen LogP contribution in [0, 0.1) is 0 Å². The standard InChI is InChI=1S/C30H33N5O2/c36-29(12-9-24-7-10-26(11-8-24)35-18-3-6-30(35)37)32-27-4-1-2-5-28(27)34-22-20-33(21-23-34)19-15-25-13-16-31-17-14-25/h1-2,4-5,7-14,16-17H,3,6,15,18-23H2,(H,32,36)/b12-9+. The van der Waals surface area contributed by atoms with E-state index in [1.165, 1.54) is 5.56 Å². The van der Waals surface area contributed by atoms with E-state index in [1.54, 1.807) is 12.2 Å². The van der Waals surface area contributed by atoms with Crippen LogP contribution >= 0.6 is 0 Å². The molecule has 2 aromatic carbocycles. The van der Waals surface area contributed by atoms with Gasteiger partial charge >= 0.3 is 0 Å². The number of hydrogen-bond acceptors (Lipinski definition) is 5. The van der Waals surface area contributed by atoms with Gasteiger partial charge in [0.1, 0.15) is 0 Å². The molecule has 2 aliphatic rings. The summed E-state index contributed by atoms with van der Waals surface area (Å²) in [6.07, 6.45) is 9.61. The predicted octanol–water partition coefficient (Wildman–Crippen LogP) is 4.23. The van der Waals surface area contributed by atoms with Crippen LogP contribution in [0.3, 0.4) is 0 Å². The van der Waals surface area contributed by atoms with Crippen LogP contribution in [0.15, 0.2) is 79.1 Å². The minimum atomic E-state index is -0.165. The van der Waals surface area contributed by atoms with Crippen molar-refractivity contribution in [1.29, 1.82) is 0 Å². The van der Waals surface area contributed by atoms with Crippen LogP contribution in [-0.4, -0.2) is 61.0 Å². The Hall–Kier alpha value is -3.97. The molecule has 7 nitrogen and oxygen atoms in total. The van der Waals surface area contributed by atoms with E-state index < -0.39 is 0 Å². The first-order chi connectivity index (χ1) is 18.2. The molecule has 0 aliphatic carbocycles. The van der Waals surface area contributed by atoms with Gasteiger partial charge in [0.15, 0.2) is 0 Å². The molecule has 2 saturated heterocycles. The van der Waals surface area contributed by atoms with E-state index in [2.05, 4.69) is 38.3 Å². The van der Waals surface area contributed by atoms with Crippen LogP contribution in [0.25, 0.3) is 6.08 Å². The van der Waals surface area contributed by atoms with E-state index >= 15 is 0 Å². The molecule has 7 heteroatoms. The summed E-state index contributed by atoms with van der Waals surface area (Å²) >= 11 is 0. The summed E-state index contributed by atoms with van der Waals surface area (Å²) in [4.78, 5) is 35.4. The highest BCUT2D eigenvalue weighted by Gasteiger charge is 2.21. The second kappa shape index (κ2) is 11.8. The third-order valence-electron chi connectivity index (χ3n) is 7.05. The van der Waals surface area contributed by atoms with Gasteiger partial charge < -0.3 is 15.1 Å². The minimum Gasteiger partial charge on any atom is -0.367 e. The lowest BCUT2D eigenvalue weighted by Crippen LogP contribution is -2.47. The zero-order valence-electron chi connectivity index (χ0n) is 21.1. The van der Waals surface area contributed by atoms with Crippen LogP contribution in [0.4, 0.5) is 17.1 Å². The minimum absolute atomic E-state index is 0.165. The number of aromatic nitrogens is 1. The Kier molecular flexibility index (Phi) is 7.91. The Morgan fingerprint density at radius 2 is 1.68 bits per heavy atom. The Morgan fingerprint density at radius 3 is 2.41 bits per heavy atom. The van der Waals surface area contributed by atoms with E-state index in [4.69, 9.17) is 0 Å². The average molecular weight is 496 g/mol. The van der Waals surface area contributed by atoms with Crippen molar-refractivity contribution in [3.8, 4) is 0 Å². The molecule has 190 valence electrons. The van der Waals surface area contributed by atoms with Crippen molar-refractivity contribution in [3.05, 3.63) is 90.3 Å². The maximum atomic E-state index is 12.7. The highest BCUT2D eigenvalue weighted by molar-refractivity contribution is 6.04. The number of amides is 2. The molecular weight excluding hydrogens is 462 g/mol. The van der Waals surface area contributed by atoms with E-state index in [9.17, 15) is 9.59 Å². The molecule has 0 spiro atoms. The molecule has 2 fully saturated rings. The third kappa shape index (κ3) is 6.43. The number of nitrogens with one attached hydrogen (secondary N) is 1. The van der Waals surface area contributed by atoms with Crippen molar-refractivity contribution in [2.24, 2.45) is 0 Å². The molecular formula is C30H33N5O2. The summed E-state index contributed by atoms with van der Waals surface area (Å²) < 4.78 is 0. The van der Waals surface area contributed by atoms with Crippen molar-refractivity contribution < 1.29 is 9.59 Å². The van der Waals surface area contributed by atoms with Crippen molar-refractivity contribution in [3.63, 3.8) is 0 Å². The lowest BCUT2D eigenvalue weighted by atomic mass is 10.1. The van der Waals surface area contributed by atoms with Gasteiger partial charge in [-0.2, -0.15) is 0 Å². The van der Waals surface area contributed by atoms with Crippen LogP contribution in [0.5, 0.6) is 0 Å². The summed E-state index contributed by atoms with van der Waals surface area (Å²) in [6.45, 7) is 5.64. The third-order valence-corrected chi connectivity index (χ3v) is 7.05. The monoisotopic (exact) mass is 495 g/mol. The summed E-state index contributed by atoms with van der Waals surface area (Å²) in [7, 11) is 0. The molecule has 37 heavy (non-hydrogen) atoms. The quantitative estimate of drug-likeness (QED) is 0.474. The van der Waals surface area contributed by atoms with Crippen molar-refractivity contribution in [1.82, 2.24) is 9.88 Å². The van der Waals surface area contributed by atoms with E-state index in [0.717, 1.165) is 74.7 Å². The zero-order valence-corrected chi connectivity index (χ0v) is 21.1. The molecule has 1 aromatic heterocycles. The largest absolute Gasteiger partial charge is 0.367 e. The molecule has 2 aliphatic heterocycles. The summed E-state index contributed by atoms with van der Waals surface area (Å²) in [6, 6.07) is 19.9. The summed E-state index contributed by atoms with van der Waals surface area (Å²) in [5.41, 5.74) is 5.02. The molecule has 3 aromatic rings. The van der Waals surface area contributed by atoms with Crippen LogP contribution in [-0.2, 0) is 16.0 Å². The fourth-order valence-electron chi connectivity index (χ4n) is 4.94. The fourth-order valence-corrected chi connectivity index (χ4v) is 4.94. The number of hydrogen-bond donors (Lipinski definition) is 1. The number of nitrogens with zero attached hydrogens (tertiary/aromatic N) is 4. The van der Waals surface area contributed by atoms with Gasteiger partial charge in [0.25, 0.3) is 0 Å². The van der Waals surface area contributed by atoms with E-state index in [1.807, 2.05) is 59.8 Å². The first-order valence-corrected chi connectivity index (χ1v) is 13.0. The van der Waals surface area contributed by atoms with Crippen molar-refractivity contribution in [2.45, 2.75) is 19.3 Å². The van der Waals surface area contributed by atoms with E-state index in [0.29, 0.717) is 6.42 Å². The number of carbonyl (C=O) groups is 2. The number of carbonyl (C=O) groups excluding carboxylic acids is 2. The van der Waals surface area contributed by atoms with Crippen LogP contribution in [0.2, 0.25) is 0 Å². The van der Waals surface area contributed by atoms with E-state index in [-0.39, 0.29) is 11.8 Å². The Bertz CT molecular complexity index is 1230. The highest BCUT2D eigenvalue weighted by atomic mass is 16.2. The van der Waals surface area contributed by atoms with Gasteiger partial charge in [-0.05, 0) is 66.4 Å². The summed E-state index contributed by atoms with van der Waals surface area (Å²) in [5.74, 6) is 0.00920. The number of para-hydroxylation sites is 2. The van der Waals surface area contributed by atoms with Crippen molar-refractivity contribution >= 4 is 35.0 Å². The molecule has 3 heterocycles. The summed E-state index contributed by atoms with van der Waals surface area (Å²) in [5, 5.41) is 3.06. The molecule has 2 amide bonds. The maximum Gasteiger partial charge on any atom is 0.248 e. The SMILES string of the molecule is O=C(/C=C/c1ccc(N2CCCC2=O)cc1)Nc1ccccc1N1CCN(CCc2ccncc2)CC1. The number of benzene rings is 2. The number of pyridine rings is 1. The topological polar surface area (TPSA) is 68.8 Å². The zero-order chi connectivity index (χ0) is 25.5. The van der Waals surface area contributed by atoms with Gasteiger partial charge in [0, 0.05) is 69.8 Å². The van der Waals surface area contributed by atoms with Gasteiger partial charge in [-0.3, -0.25) is 19.5 Å². The Labute approximate surface area is 218 Å². The normalized spacial score (nSPS) is 16.5. The lowest BCUT2D eigenvalue weighted by Gasteiger charge is -2.37. The molecule has 0 saturated carbocycles. The number of rotatable bonds is 8. The second-order valence-electron chi connectivity index (χ2n) is 9.51. The molecule has 5 rings (SSSR count). The second-order valence-corrected chi connectivity index (χ2v) is 9.51. The first kappa shape index (κ1) is 24.7. The Balaban J connectivity index is 1.14. The first-order valence-electron chi connectivity index (χ1n) is 13.0. The maximum absolute atomic E-state index is 12.7. The lowest BCUT2D eigenvalue weighted by molar-refractivity contribution is -0.117. The average Bonchev–Trinajstić information content (AvgIpc) is 3.38. The van der Waals surface area contributed by atoms with Gasteiger partial charge in [0.05, 0.1) is 11.4 Å². The Morgan fingerprint density at radius 1 is 0.919 bits per heavy atom. The molecule has 0 radical (unpaired) electrons. The number of piperazine rings is 1. The number of anilines is 3. The van der Waals surface area contributed by atoms with Crippen molar-refractivity contribution in [2.75, 3.05) is 54.4 Å². The molecule has 1 N–H and O–H groups in total. The van der Waals surface area contributed by atoms with Crippen LogP contribution < -0.4 is 15.1 Å². The smallest absolute Gasteiger partial charge is 0.248 e. The fraction of sp³-hybridized carbons (Fsp3) is 0.300. The molecule has 0 atom stereocenters. The van der Waals surface area contributed by atoms with Gasteiger partial charge in [-0.1, -0.05) is 24.3 Å². The van der Waals surface area contributed by atoms with Gasteiger partial charge in [-0.15, -0.1) is 0 Å². The van der Waals surface area contributed by atoms with Gasteiger partial charge in [-0.25, -0.2) is 0 Å². The van der Waals surface area contributed by atoms with Crippen LogP contribution in [0.1, 0.15) is 24.0 Å². The predicted molar refractivity (Wildman–Crippen MR) is 149 cm³/mol. The highest BCUT2D eigenvalue weighted by Crippen LogP contribution is 2.27. The molecule has 0 unspecified atom stereocenters. The van der Waals surface area contributed by atoms with Gasteiger partial charge in [0.2, 0.25) is 11.8 Å².